The Bertz CT molecular complexity index is 804. The fraction of sp³-hybridized carbons (Fsp3) is 0.250. The molecule has 1 heterocycles. The molecular formula is C16H18N2O4S. The van der Waals surface area contributed by atoms with Gasteiger partial charge in [0.25, 0.3) is 0 Å². The van der Waals surface area contributed by atoms with E-state index < -0.39 is 15.7 Å². The molecule has 1 aromatic heterocycles. The van der Waals surface area contributed by atoms with Crippen molar-refractivity contribution in [1.82, 2.24) is 4.98 Å². The summed E-state index contributed by atoms with van der Waals surface area (Å²) in [4.78, 5) is 16.2. The minimum absolute atomic E-state index is 0.0872. The zero-order valence-electron chi connectivity index (χ0n) is 13.2. The van der Waals surface area contributed by atoms with Crippen LogP contribution in [0, 0.1) is 0 Å². The summed E-state index contributed by atoms with van der Waals surface area (Å²) in [6, 6.07) is 12.4. The molecule has 122 valence electrons. The number of carbonyl (C=O) groups excluding carboxylic acids is 1. The van der Waals surface area contributed by atoms with E-state index in [4.69, 9.17) is 9.47 Å². The molecule has 0 atom stereocenters. The number of benzene rings is 1. The van der Waals surface area contributed by atoms with Crippen molar-refractivity contribution in [2.45, 2.75) is 6.61 Å². The Hall–Kier alpha value is -2.41. The van der Waals surface area contributed by atoms with Gasteiger partial charge in [0.2, 0.25) is 5.82 Å². The van der Waals surface area contributed by atoms with Crippen molar-refractivity contribution in [2.24, 2.45) is 4.36 Å². The fourth-order valence-corrected chi connectivity index (χ4v) is 2.33. The first-order valence-electron chi connectivity index (χ1n) is 6.82. The molecule has 0 saturated heterocycles. The lowest BCUT2D eigenvalue weighted by molar-refractivity contribution is 0.0466. The Morgan fingerprint density at radius 1 is 1.17 bits per heavy atom. The van der Waals surface area contributed by atoms with E-state index in [0.29, 0.717) is 5.75 Å². The third kappa shape index (κ3) is 5.07. The lowest BCUT2D eigenvalue weighted by Crippen LogP contribution is -2.08. The number of rotatable bonds is 5. The van der Waals surface area contributed by atoms with Gasteiger partial charge in [-0.2, -0.15) is 4.36 Å². The molecule has 0 aliphatic rings. The molecule has 6 nitrogen and oxygen atoms in total. The van der Waals surface area contributed by atoms with Gasteiger partial charge in [-0.05, 0) is 17.7 Å². The predicted molar refractivity (Wildman–Crippen MR) is 88.4 cm³/mol. The van der Waals surface area contributed by atoms with Gasteiger partial charge in [0, 0.05) is 22.2 Å². The van der Waals surface area contributed by atoms with Gasteiger partial charge >= 0.3 is 5.97 Å². The number of pyridine rings is 1. The van der Waals surface area contributed by atoms with Crippen molar-refractivity contribution in [3.05, 3.63) is 53.7 Å². The third-order valence-electron chi connectivity index (χ3n) is 2.79. The Morgan fingerprint density at radius 2 is 1.87 bits per heavy atom. The highest BCUT2D eigenvalue weighted by molar-refractivity contribution is 7.92. The summed E-state index contributed by atoms with van der Waals surface area (Å²) in [7, 11) is -0.972. The van der Waals surface area contributed by atoms with E-state index >= 15 is 0 Å². The topological polar surface area (TPSA) is 77.8 Å². The number of carbonyl (C=O) groups is 1. The van der Waals surface area contributed by atoms with Crippen LogP contribution in [0.2, 0.25) is 0 Å². The first kappa shape index (κ1) is 17.0. The van der Waals surface area contributed by atoms with Crippen LogP contribution in [0.15, 0.2) is 46.8 Å². The lowest BCUT2D eigenvalue weighted by atomic mass is 10.2. The van der Waals surface area contributed by atoms with Crippen molar-refractivity contribution in [3.63, 3.8) is 0 Å². The predicted octanol–water partition coefficient (Wildman–Crippen LogP) is 2.81. The van der Waals surface area contributed by atoms with Crippen LogP contribution < -0.4 is 4.74 Å². The van der Waals surface area contributed by atoms with Crippen LogP contribution in [0.1, 0.15) is 16.1 Å². The van der Waals surface area contributed by atoms with Gasteiger partial charge < -0.3 is 9.47 Å². The second kappa shape index (κ2) is 7.23. The van der Waals surface area contributed by atoms with E-state index in [1.165, 1.54) is 25.7 Å². The van der Waals surface area contributed by atoms with E-state index in [1.807, 2.05) is 30.3 Å². The van der Waals surface area contributed by atoms with Gasteiger partial charge in [-0.3, -0.25) is 0 Å². The number of esters is 1. The average molecular weight is 334 g/mol. The van der Waals surface area contributed by atoms with Crippen LogP contribution >= 0.6 is 0 Å². The molecule has 2 rings (SSSR count). The Kier molecular flexibility index (Phi) is 5.33. The zero-order valence-corrected chi connectivity index (χ0v) is 14.0. The summed E-state index contributed by atoms with van der Waals surface area (Å²) in [5.41, 5.74) is 0.966. The number of hydrogen-bond donors (Lipinski definition) is 0. The maximum absolute atomic E-state index is 12.1. The molecule has 0 aliphatic heterocycles. The number of nitrogens with zero attached hydrogens (tertiary/aromatic N) is 2. The second-order valence-corrected chi connectivity index (χ2v) is 7.60. The molecular weight excluding hydrogens is 316 g/mol. The molecule has 1 aromatic carbocycles. The van der Waals surface area contributed by atoms with Crippen molar-refractivity contribution in [1.29, 1.82) is 0 Å². The smallest absolute Gasteiger partial charge is 0.357 e. The normalized spacial score (nSPS) is 10.9. The molecule has 2 aromatic rings. The van der Waals surface area contributed by atoms with E-state index in [2.05, 4.69) is 9.35 Å². The largest absolute Gasteiger partial charge is 0.493 e. The Balaban J connectivity index is 2.21. The molecule has 0 amide bonds. The van der Waals surface area contributed by atoms with Crippen molar-refractivity contribution >= 4 is 21.5 Å². The van der Waals surface area contributed by atoms with Gasteiger partial charge in [-0.25, -0.2) is 14.0 Å². The molecule has 0 spiro atoms. The summed E-state index contributed by atoms with van der Waals surface area (Å²) in [6.07, 6.45) is 2.96. The summed E-state index contributed by atoms with van der Waals surface area (Å²) in [6.45, 7) is 0.151. The molecule has 7 heteroatoms. The third-order valence-corrected chi connectivity index (χ3v) is 3.40. The summed E-state index contributed by atoms with van der Waals surface area (Å²) < 4.78 is 26.2. The van der Waals surface area contributed by atoms with Crippen LogP contribution in [0.3, 0.4) is 0 Å². The van der Waals surface area contributed by atoms with E-state index in [9.17, 15) is 9.00 Å². The highest BCUT2D eigenvalue weighted by atomic mass is 32.2. The van der Waals surface area contributed by atoms with Crippen LogP contribution in [0.4, 0.5) is 5.82 Å². The number of hydrogen-bond acceptors (Lipinski definition) is 6. The Morgan fingerprint density at radius 3 is 2.48 bits per heavy atom. The highest BCUT2D eigenvalue weighted by Crippen LogP contribution is 2.26. The van der Waals surface area contributed by atoms with Gasteiger partial charge in [0.1, 0.15) is 6.61 Å². The van der Waals surface area contributed by atoms with Crippen molar-refractivity contribution in [2.75, 3.05) is 19.6 Å². The molecule has 0 N–H and O–H groups in total. The van der Waals surface area contributed by atoms with Crippen LogP contribution in [0.5, 0.6) is 5.75 Å². The standard InChI is InChI=1S/C16H18N2O4S/c1-21-14-10-9-13(17-15(14)18-23(2,3)20)16(19)22-11-12-7-5-4-6-8-12/h4-10H,11H2,1-3H3. The van der Waals surface area contributed by atoms with Crippen LogP contribution in [0.25, 0.3) is 0 Å². The van der Waals surface area contributed by atoms with Gasteiger partial charge in [0.15, 0.2) is 11.4 Å². The minimum Gasteiger partial charge on any atom is -0.493 e. The fourth-order valence-electron chi connectivity index (χ4n) is 1.78. The van der Waals surface area contributed by atoms with E-state index in [-0.39, 0.29) is 18.1 Å². The van der Waals surface area contributed by atoms with Crippen molar-refractivity contribution < 1.29 is 18.5 Å². The van der Waals surface area contributed by atoms with E-state index in [1.54, 1.807) is 6.07 Å². The summed E-state index contributed by atoms with van der Waals surface area (Å²) in [5.74, 6) is -0.107. The SMILES string of the molecule is COc1ccc(C(=O)OCc2ccccc2)nc1N=S(C)(C)=O. The first-order valence-corrected chi connectivity index (χ1v) is 9.15. The minimum atomic E-state index is -2.43. The van der Waals surface area contributed by atoms with Gasteiger partial charge in [-0.1, -0.05) is 30.3 Å². The molecule has 0 saturated carbocycles. The van der Waals surface area contributed by atoms with Crippen molar-refractivity contribution in [3.8, 4) is 5.75 Å². The number of methoxy groups -OCH3 is 1. The quantitative estimate of drug-likeness (QED) is 0.786. The first-order chi connectivity index (χ1) is 10.9. The molecule has 0 radical (unpaired) electrons. The summed E-state index contributed by atoms with van der Waals surface area (Å²) >= 11 is 0. The summed E-state index contributed by atoms with van der Waals surface area (Å²) in [5, 5.41) is 0. The zero-order chi connectivity index (χ0) is 16.9. The highest BCUT2D eigenvalue weighted by Gasteiger charge is 2.14. The number of ether oxygens (including phenoxy) is 2. The maximum atomic E-state index is 12.1. The average Bonchev–Trinajstić information content (AvgIpc) is 2.52. The molecule has 0 bridgehead atoms. The molecule has 0 fully saturated rings. The van der Waals surface area contributed by atoms with Gasteiger partial charge in [0.05, 0.1) is 7.11 Å². The molecule has 23 heavy (non-hydrogen) atoms. The van der Waals surface area contributed by atoms with Crippen LogP contribution in [-0.2, 0) is 21.1 Å². The van der Waals surface area contributed by atoms with Crippen LogP contribution in [-0.4, -0.2) is 34.8 Å². The Labute approximate surface area is 135 Å². The number of aromatic nitrogens is 1. The molecule has 0 unspecified atom stereocenters. The maximum Gasteiger partial charge on any atom is 0.357 e. The van der Waals surface area contributed by atoms with E-state index in [0.717, 1.165) is 5.56 Å². The lowest BCUT2D eigenvalue weighted by Gasteiger charge is -2.08. The second-order valence-electron chi connectivity index (χ2n) is 5.06. The monoisotopic (exact) mass is 334 g/mol. The van der Waals surface area contributed by atoms with Gasteiger partial charge in [-0.15, -0.1) is 0 Å². The molecule has 0 aliphatic carbocycles.